The fourth-order valence-electron chi connectivity index (χ4n) is 4.19. The van der Waals surface area contributed by atoms with Crippen molar-refractivity contribution in [3.05, 3.63) is 83.3 Å². The summed E-state index contributed by atoms with van der Waals surface area (Å²) < 4.78 is 34.8. The lowest BCUT2D eigenvalue weighted by Crippen LogP contribution is -2.43. The number of hydrogen-bond donors (Lipinski definition) is 1. The summed E-state index contributed by atoms with van der Waals surface area (Å²) in [5.41, 5.74) is 3.17. The van der Waals surface area contributed by atoms with Crippen LogP contribution in [0.2, 0.25) is 0 Å². The van der Waals surface area contributed by atoms with Crippen LogP contribution < -0.4 is 5.32 Å². The predicted octanol–water partition coefficient (Wildman–Crippen LogP) is 3.16. The highest BCUT2D eigenvalue weighted by Gasteiger charge is 2.33. The van der Waals surface area contributed by atoms with Crippen LogP contribution in [0.5, 0.6) is 0 Å². The van der Waals surface area contributed by atoms with E-state index < -0.39 is 10.0 Å². The number of sulfonamides is 1. The number of rotatable bonds is 9. The molecule has 1 fully saturated rings. The Morgan fingerprint density at radius 1 is 1.03 bits per heavy atom. The molecule has 0 aliphatic carbocycles. The number of amides is 1. The van der Waals surface area contributed by atoms with E-state index in [9.17, 15) is 13.2 Å². The van der Waals surface area contributed by atoms with Gasteiger partial charge < -0.3 is 14.6 Å². The Morgan fingerprint density at radius 3 is 2.34 bits per heavy atom. The van der Waals surface area contributed by atoms with E-state index in [1.807, 2.05) is 54.6 Å². The van der Waals surface area contributed by atoms with Gasteiger partial charge >= 0.3 is 0 Å². The van der Waals surface area contributed by atoms with Crippen molar-refractivity contribution in [3.63, 3.8) is 0 Å². The van der Waals surface area contributed by atoms with Crippen molar-refractivity contribution in [2.24, 2.45) is 13.0 Å². The zero-order chi connectivity index (χ0) is 24.8. The number of carbonyl (C=O) groups excluding carboxylic acids is 1. The third-order valence-corrected chi connectivity index (χ3v) is 8.23. The molecular formula is C26H32N4O4S. The van der Waals surface area contributed by atoms with Crippen LogP contribution in [0.3, 0.4) is 0 Å². The van der Waals surface area contributed by atoms with Crippen LogP contribution in [0.4, 0.5) is 0 Å². The second-order valence-corrected chi connectivity index (χ2v) is 10.8. The summed E-state index contributed by atoms with van der Waals surface area (Å²) in [7, 11) is -1.88. The van der Waals surface area contributed by atoms with Crippen LogP contribution in [0.25, 0.3) is 0 Å². The second-order valence-electron chi connectivity index (χ2n) is 8.88. The van der Waals surface area contributed by atoms with E-state index in [2.05, 4.69) is 10.3 Å². The average molecular weight is 497 g/mol. The summed E-state index contributed by atoms with van der Waals surface area (Å²) in [5, 5.41) is 3.10. The van der Waals surface area contributed by atoms with Crippen molar-refractivity contribution in [1.29, 1.82) is 0 Å². The Hall–Kier alpha value is -3.01. The van der Waals surface area contributed by atoms with E-state index in [1.54, 1.807) is 18.5 Å². The lowest BCUT2D eigenvalue weighted by atomic mass is 9.97. The fraction of sp³-hybridized carbons (Fsp3) is 0.385. The van der Waals surface area contributed by atoms with Gasteiger partial charge in [-0.15, -0.1) is 0 Å². The van der Waals surface area contributed by atoms with Gasteiger partial charge in [-0.2, -0.15) is 4.31 Å². The second kappa shape index (κ2) is 11.2. The largest absolute Gasteiger partial charge is 0.372 e. The highest BCUT2D eigenvalue weighted by Crippen LogP contribution is 2.24. The molecule has 0 saturated carbocycles. The number of aryl methyl sites for hydroxylation is 2. The Kier molecular flexibility index (Phi) is 8.00. The van der Waals surface area contributed by atoms with Gasteiger partial charge in [-0.1, -0.05) is 54.6 Å². The first-order valence-electron chi connectivity index (χ1n) is 11.8. The van der Waals surface area contributed by atoms with Crippen molar-refractivity contribution >= 4 is 15.9 Å². The molecule has 4 rings (SSSR count). The van der Waals surface area contributed by atoms with Crippen LogP contribution in [-0.4, -0.2) is 41.3 Å². The summed E-state index contributed by atoms with van der Waals surface area (Å²) in [4.78, 5) is 17.0. The molecule has 186 valence electrons. The molecule has 0 unspecified atom stereocenters. The van der Waals surface area contributed by atoms with E-state index >= 15 is 0 Å². The Morgan fingerprint density at radius 2 is 1.69 bits per heavy atom. The molecule has 35 heavy (non-hydrogen) atoms. The molecular weight excluding hydrogens is 464 g/mol. The Balaban J connectivity index is 1.27. The molecule has 1 aliphatic rings. The first-order chi connectivity index (χ1) is 16.8. The summed E-state index contributed by atoms with van der Waals surface area (Å²) in [5.74, 6) is 0.382. The van der Waals surface area contributed by atoms with Crippen LogP contribution in [0.1, 0.15) is 35.4 Å². The molecule has 1 amide bonds. The van der Waals surface area contributed by atoms with Crippen molar-refractivity contribution in [2.75, 3.05) is 13.1 Å². The number of hydrogen-bond acceptors (Lipinski definition) is 5. The Bertz CT molecular complexity index is 1230. The zero-order valence-electron chi connectivity index (χ0n) is 20.2. The van der Waals surface area contributed by atoms with Gasteiger partial charge in [0.1, 0.15) is 5.82 Å². The maximum Gasteiger partial charge on any atom is 0.262 e. The maximum atomic E-state index is 12.9. The van der Waals surface area contributed by atoms with Gasteiger partial charge in [-0.05, 0) is 36.5 Å². The molecule has 3 aromatic rings. The van der Waals surface area contributed by atoms with Gasteiger partial charge in [0.2, 0.25) is 5.91 Å². The van der Waals surface area contributed by atoms with Crippen LogP contribution >= 0.6 is 0 Å². The molecule has 2 aromatic carbocycles. The normalized spacial score (nSPS) is 15.3. The third kappa shape index (κ3) is 6.17. The van der Waals surface area contributed by atoms with E-state index in [4.69, 9.17) is 4.74 Å². The van der Waals surface area contributed by atoms with Gasteiger partial charge in [0.15, 0.2) is 5.03 Å². The van der Waals surface area contributed by atoms with Crippen LogP contribution in [0.15, 0.2) is 65.8 Å². The topological polar surface area (TPSA) is 93.5 Å². The molecule has 0 radical (unpaired) electrons. The highest BCUT2D eigenvalue weighted by molar-refractivity contribution is 7.89. The molecule has 9 heteroatoms. The molecule has 8 nitrogen and oxygen atoms in total. The molecule has 2 heterocycles. The molecule has 1 saturated heterocycles. The number of ether oxygens (including phenoxy) is 1. The van der Waals surface area contributed by atoms with Crippen molar-refractivity contribution < 1.29 is 17.9 Å². The lowest BCUT2D eigenvalue weighted by molar-refractivity contribution is -0.126. The molecule has 1 aromatic heterocycles. The number of carbonyl (C=O) groups is 1. The first kappa shape index (κ1) is 25.1. The van der Waals surface area contributed by atoms with Crippen molar-refractivity contribution in [2.45, 2.75) is 44.5 Å². The summed E-state index contributed by atoms with van der Waals surface area (Å²) in [6.07, 6.45) is 2.50. The lowest BCUT2D eigenvalue weighted by Gasteiger charge is -2.30. The maximum absolute atomic E-state index is 12.9. The van der Waals surface area contributed by atoms with E-state index in [0.717, 1.165) is 16.7 Å². The SMILES string of the molecule is Cc1nc(S(=O)(=O)N2CCC(C(=O)NCc3ccccc3COCc3ccccc3)CC2)cn1C. The third-order valence-electron chi connectivity index (χ3n) is 6.46. The van der Waals surface area contributed by atoms with E-state index in [1.165, 1.54) is 10.5 Å². The highest BCUT2D eigenvalue weighted by atomic mass is 32.2. The molecule has 1 aliphatic heterocycles. The summed E-state index contributed by atoms with van der Waals surface area (Å²) in [6, 6.07) is 17.9. The average Bonchev–Trinajstić information content (AvgIpc) is 3.23. The van der Waals surface area contributed by atoms with Crippen molar-refractivity contribution in [1.82, 2.24) is 19.2 Å². The van der Waals surface area contributed by atoms with Gasteiger partial charge in [0, 0.05) is 38.8 Å². The van der Waals surface area contributed by atoms with Gasteiger partial charge in [0.05, 0.1) is 13.2 Å². The fourth-order valence-corrected chi connectivity index (χ4v) is 5.69. The molecule has 0 spiro atoms. The number of aromatic nitrogens is 2. The first-order valence-corrected chi connectivity index (χ1v) is 13.2. The quantitative estimate of drug-likeness (QED) is 0.491. The van der Waals surface area contributed by atoms with Gasteiger partial charge in [0.25, 0.3) is 10.0 Å². The molecule has 0 atom stereocenters. The smallest absolute Gasteiger partial charge is 0.262 e. The van der Waals surface area contributed by atoms with Crippen LogP contribution in [0, 0.1) is 12.8 Å². The minimum Gasteiger partial charge on any atom is -0.372 e. The number of nitrogens with one attached hydrogen (secondary N) is 1. The van der Waals surface area contributed by atoms with Crippen molar-refractivity contribution in [3.8, 4) is 0 Å². The van der Waals surface area contributed by atoms with Gasteiger partial charge in [-0.25, -0.2) is 13.4 Å². The number of benzene rings is 2. The van der Waals surface area contributed by atoms with E-state index in [0.29, 0.717) is 51.5 Å². The Labute approximate surface area is 207 Å². The number of nitrogens with zero attached hydrogens (tertiary/aromatic N) is 3. The minimum absolute atomic E-state index is 0.0456. The van der Waals surface area contributed by atoms with E-state index in [-0.39, 0.29) is 16.9 Å². The standard InChI is InChI=1S/C26H32N4O4S/c1-20-28-25(17-29(20)2)35(32,33)30-14-12-22(13-15-30)26(31)27-16-23-10-6-7-11-24(23)19-34-18-21-8-4-3-5-9-21/h3-11,17,22H,12-16,18-19H2,1-2H3,(H,27,31). The predicted molar refractivity (Wildman–Crippen MR) is 133 cm³/mol. The molecule has 0 bridgehead atoms. The van der Waals surface area contributed by atoms with Crippen LogP contribution in [-0.2, 0) is 46.4 Å². The van der Waals surface area contributed by atoms with Gasteiger partial charge in [-0.3, -0.25) is 4.79 Å². The monoisotopic (exact) mass is 496 g/mol. The number of imidazole rings is 1. The zero-order valence-corrected chi connectivity index (χ0v) is 21.0. The summed E-state index contributed by atoms with van der Waals surface area (Å²) >= 11 is 0. The minimum atomic E-state index is -3.65. The number of piperidine rings is 1. The molecule has 1 N–H and O–H groups in total. The summed E-state index contributed by atoms with van der Waals surface area (Å²) in [6.45, 7) is 3.78.